The summed E-state index contributed by atoms with van der Waals surface area (Å²) in [6, 6.07) is 13.3. The summed E-state index contributed by atoms with van der Waals surface area (Å²) in [7, 11) is 3.18. The molecule has 0 aliphatic rings. The molecule has 0 saturated heterocycles. The van der Waals surface area contributed by atoms with Crippen molar-refractivity contribution in [2.75, 3.05) is 14.2 Å². The Labute approximate surface area is 158 Å². The highest BCUT2D eigenvalue weighted by atomic mass is 16.5. The highest BCUT2D eigenvalue weighted by Crippen LogP contribution is 2.30. The lowest BCUT2D eigenvalue weighted by molar-refractivity contribution is 0.0940. The van der Waals surface area contributed by atoms with Crippen LogP contribution in [0, 0.1) is 6.92 Å². The third kappa shape index (κ3) is 3.95. The first-order valence-electron chi connectivity index (χ1n) is 8.66. The van der Waals surface area contributed by atoms with Gasteiger partial charge in [0.2, 0.25) is 0 Å². The molecule has 6 heteroatoms. The molecular formula is C21H23N3O3. The van der Waals surface area contributed by atoms with Crippen molar-refractivity contribution in [2.45, 2.75) is 19.9 Å². The monoisotopic (exact) mass is 365 g/mol. The van der Waals surface area contributed by atoms with Gasteiger partial charge in [0, 0.05) is 5.56 Å². The molecule has 140 valence electrons. The number of rotatable bonds is 6. The van der Waals surface area contributed by atoms with Crippen molar-refractivity contribution in [2.24, 2.45) is 0 Å². The zero-order chi connectivity index (χ0) is 19.4. The van der Waals surface area contributed by atoms with Crippen molar-refractivity contribution in [1.82, 2.24) is 15.5 Å². The average Bonchev–Trinajstić information content (AvgIpc) is 3.17. The summed E-state index contributed by atoms with van der Waals surface area (Å²) in [5, 5.41) is 9.98. The number of carbonyl (C=O) groups excluding carboxylic acids is 1. The standard InChI is InChI=1S/C21H23N3O3/c1-13-5-7-15(8-6-13)20-17(12-22-24-20)21(25)23-14(2)16-9-10-18(26-3)19(11-16)27-4/h5-12,14H,1-4H3,(H,22,24)(H,23,25). The Morgan fingerprint density at radius 2 is 1.78 bits per heavy atom. The Morgan fingerprint density at radius 1 is 1.07 bits per heavy atom. The number of methoxy groups -OCH3 is 2. The summed E-state index contributed by atoms with van der Waals surface area (Å²) in [5.41, 5.74) is 4.20. The second-order valence-electron chi connectivity index (χ2n) is 6.33. The zero-order valence-electron chi connectivity index (χ0n) is 15.9. The third-order valence-corrected chi connectivity index (χ3v) is 4.48. The van der Waals surface area contributed by atoms with Crippen molar-refractivity contribution in [3.63, 3.8) is 0 Å². The molecule has 1 amide bonds. The van der Waals surface area contributed by atoms with E-state index in [1.807, 2.05) is 56.3 Å². The molecule has 0 fully saturated rings. The van der Waals surface area contributed by atoms with Crippen molar-refractivity contribution in [3.8, 4) is 22.8 Å². The molecular weight excluding hydrogens is 342 g/mol. The van der Waals surface area contributed by atoms with Crippen LogP contribution in [0.25, 0.3) is 11.3 Å². The summed E-state index contributed by atoms with van der Waals surface area (Å²) in [6.07, 6.45) is 1.55. The lowest BCUT2D eigenvalue weighted by Crippen LogP contribution is -2.26. The van der Waals surface area contributed by atoms with Gasteiger partial charge in [0.15, 0.2) is 11.5 Å². The van der Waals surface area contributed by atoms with E-state index in [0.29, 0.717) is 22.8 Å². The maximum atomic E-state index is 12.8. The van der Waals surface area contributed by atoms with Crippen LogP contribution < -0.4 is 14.8 Å². The number of aromatic amines is 1. The van der Waals surface area contributed by atoms with Gasteiger partial charge in [0.05, 0.1) is 37.7 Å². The summed E-state index contributed by atoms with van der Waals surface area (Å²) < 4.78 is 10.6. The lowest BCUT2D eigenvalue weighted by Gasteiger charge is -2.16. The van der Waals surface area contributed by atoms with E-state index in [4.69, 9.17) is 9.47 Å². The van der Waals surface area contributed by atoms with E-state index in [1.54, 1.807) is 20.4 Å². The number of hydrogen-bond donors (Lipinski definition) is 2. The molecule has 0 aliphatic heterocycles. The Hall–Kier alpha value is -3.28. The number of H-pyrrole nitrogens is 1. The smallest absolute Gasteiger partial charge is 0.255 e. The van der Waals surface area contributed by atoms with Gasteiger partial charge in [-0.2, -0.15) is 5.10 Å². The van der Waals surface area contributed by atoms with Crippen LogP contribution in [0.3, 0.4) is 0 Å². The van der Waals surface area contributed by atoms with E-state index in [1.165, 1.54) is 0 Å². The van der Waals surface area contributed by atoms with Gasteiger partial charge >= 0.3 is 0 Å². The van der Waals surface area contributed by atoms with Gasteiger partial charge in [-0.1, -0.05) is 35.9 Å². The molecule has 0 spiro atoms. The number of hydrogen-bond acceptors (Lipinski definition) is 4. The molecule has 1 atom stereocenters. The minimum absolute atomic E-state index is 0.193. The second kappa shape index (κ2) is 7.95. The van der Waals surface area contributed by atoms with Crippen molar-refractivity contribution in [3.05, 3.63) is 65.4 Å². The summed E-state index contributed by atoms with van der Waals surface area (Å²) in [4.78, 5) is 12.8. The van der Waals surface area contributed by atoms with Crippen LogP contribution in [0.15, 0.2) is 48.7 Å². The van der Waals surface area contributed by atoms with E-state index in [0.717, 1.165) is 16.7 Å². The van der Waals surface area contributed by atoms with Crippen molar-refractivity contribution < 1.29 is 14.3 Å². The fourth-order valence-corrected chi connectivity index (χ4v) is 2.88. The molecule has 1 heterocycles. The molecule has 27 heavy (non-hydrogen) atoms. The quantitative estimate of drug-likeness (QED) is 0.695. The summed E-state index contributed by atoms with van der Waals surface area (Å²) in [5.74, 6) is 1.08. The Balaban J connectivity index is 1.80. The van der Waals surface area contributed by atoms with Crippen LogP contribution >= 0.6 is 0 Å². The van der Waals surface area contributed by atoms with Gasteiger partial charge in [-0.15, -0.1) is 0 Å². The van der Waals surface area contributed by atoms with Crippen LogP contribution in [0.5, 0.6) is 11.5 Å². The van der Waals surface area contributed by atoms with Gasteiger partial charge in [0.1, 0.15) is 0 Å². The van der Waals surface area contributed by atoms with Gasteiger partial charge in [-0.3, -0.25) is 9.89 Å². The number of carbonyl (C=O) groups is 1. The molecule has 0 bridgehead atoms. The van der Waals surface area contributed by atoms with Crippen LogP contribution in [0.1, 0.15) is 34.5 Å². The van der Waals surface area contributed by atoms with Crippen LogP contribution in [-0.4, -0.2) is 30.3 Å². The topological polar surface area (TPSA) is 76.2 Å². The fraction of sp³-hybridized carbons (Fsp3) is 0.238. The largest absolute Gasteiger partial charge is 0.493 e. The van der Waals surface area contributed by atoms with Gasteiger partial charge < -0.3 is 14.8 Å². The van der Waals surface area contributed by atoms with Crippen LogP contribution in [0.4, 0.5) is 0 Å². The van der Waals surface area contributed by atoms with Crippen molar-refractivity contribution >= 4 is 5.91 Å². The van der Waals surface area contributed by atoms with E-state index >= 15 is 0 Å². The van der Waals surface area contributed by atoms with Crippen LogP contribution in [0.2, 0.25) is 0 Å². The zero-order valence-corrected chi connectivity index (χ0v) is 15.9. The first-order valence-corrected chi connectivity index (χ1v) is 8.66. The van der Waals surface area contributed by atoms with E-state index in [9.17, 15) is 4.79 Å². The summed E-state index contributed by atoms with van der Waals surface area (Å²) >= 11 is 0. The Kier molecular flexibility index (Phi) is 5.45. The predicted molar refractivity (Wildman–Crippen MR) is 104 cm³/mol. The molecule has 1 aromatic heterocycles. The minimum Gasteiger partial charge on any atom is -0.493 e. The van der Waals surface area contributed by atoms with Gasteiger partial charge in [-0.05, 0) is 31.5 Å². The number of nitrogens with zero attached hydrogens (tertiary/aromatic N) is 1. The average molecular weight is 365 g/mol. The Bertz CT molecular complexity index is 932. The molecule has 0 radical (unpaired) electrons. The molecule has 3 aromatic rings. The second-order valence-corrected chi connectivity index (χ2v) is 6.33. The predicted octanol–water partition coefficient (Wildman–Crippen LogP) is 3.89. The maximum Gasteiger partial charge on any atom is 0.255 e. The Morgan fingerprint density at radius 3 is 2.44 bits per heavy atom. The third-order valence-electron chi connectivity index (χ3n) is 4.48. The summed E-state index contributed by atoms with van der Waals surface area (Å²) in [6.45, 7) is 3.94. The molecule has 1 unspecified atom stereocenters. The fourth-order valence-electron chi connectivity index (χ4n) is 2.88. The number of aryl methyl sites for hydroxylation is 1. The minimum atomic E-state index is -0.210. The van der Waals surface area contributed by atoms with Gasteiger partial charge in [-0.25, -0.2) is 0 Å². The number of aromatic nitrogens is 2. The molecule has 0 aliphatic carbocycles. The molecule has 0 saturated carbocycles. The molecule has 2 N–H and O–H groups in total. The SMILES string of the molecule is COc1ccc(C(C)NC(=O)c2cn[nH]c2-c2ccc(C)cc2)cc1OC. The number of nitrogens with one attached hydrogen (secondary N) is 2. The van der Waals surface area contributed by atoms with E-state index in [2.05, 4.69) is 15.5 Å². The highest BCUT2D eigenvalue weighted by Gasteiger charge is 2.18. The molecule has 3 rings (SSSR count). The normalized spacial score (nSPS) is 11.7. The number of benzene rings is 2. The lowest BCUT2D eigenvalue weighted by atomic mass is 10.0. The molecule has 2 aromatic carbocycles. The maximum absolute atomic E-state index is 12.8. The number of amides is 1. The van der Waals surface area contributed by atoms with Crippen LogP contribution in [-0.2, 0) is 0 Å². The van der Waals surface area contributed by atoms with Crippen molar-refractivity contribution in [1.29, 1.82) is 0 Å². The first kappa shape index (κ1) is 18.5. The first-order chi connectivity index (χ1) is 13.0. The highest BCUT2D eigenvalue weighted by molar-refractivity contribution is 5.99. The number of ether oxygens (including phenoxy) is 2. The van der Waals surface area contributed by atoms with E-state index < -0.39 is 0 Å². The van der Waals surface area contributed by atoms with Gasteiger partial charge in [0.25, 0.3) is 5.91 Å². The molecule has 6 nitrogen and oxygen atoms in total. The van der Waals surface area contributed by atoms with E-state index in [-0.39, 0.29) is 11.9 Å².